The third-order valence-corrected chi connectivity index (χ3v) is 9.41. The van der Waals surface area contributed by atoms with Gasteiger partial charge in [-0.05, 0) is 102 Å². The van der Waals surface area contributed by atoms with Crippen molar-refractivity contribution in [2.75, 3.05) is 13.2 Å². The Bertz CT molecular complexity index is 1560. The molecular formula is C38H44N2O10. The first kappa shape index (κ1) is 35.1. The lowest BCUT2D eigenvalue weighted by molar-refractivity contribution is -0.148. The van der Waals surface area contributed by atoms with Crippen molar-refractivity contribution in [2.45, 2.75) is 103 Å². The lowest BCUT2D eigenvalue weighted by Gasteiger charge is -2.29. The molecule has 2 aromatic rings. The lowest BCUT2D eigenvalue weighted by atomic mass is 10.0. The highest BCUT2D eigenvalue weighted by Gasteiger charge is 2.58. The first-order chi connectivity index (χ1) is 23.5. The zero-order valence-corrected chi connectivity index (χ0v) is 29.3. The number of fused-ring (bicyclic) bond motifs is 2. The summed E-state index contributed by atoms with van der Waals surface area (Å²) in [6.07, 6.45) is 1.65. The van der Waals surface area contributed by atoms with Crippen LogP contribution in [0.3, 0.4) is 0 Å². The quantitative estimate of drug-likeness (QED) is 0.185. The predicted octanol–water partition coefficient (Wildman–Crippen LogP) is 5.60. The first-order valence-electron chi connectivity index (χ1n) is 17.1. The molecule has 2 aromatic carbocycles. The van der Waals surface area contributed by atoms with Crippen LogP contribution in [-0.2, 0) is 28.5 Å². The minimum atomic E-state index is -0.767. The van der Waals surface area contributed by atoms with E-state index in [0.717, 1.165) is 24.0 Å². The summed E-state index contributed by atoms with van der Waals surface area (Å²) in [4.78, 5) is 79.9. The number of rotatable bonds is 9. The van der Waals surface area contributed by atoms with Gasteiger partial charge in [-0.2, -0.15) is 0 Å². The number of piperidine rings is 2. The molecule has 12 nitrogen and oxygen atoms in total. The second kappa shape index (κ2) is 13.2. The van der Waals surface area contributed by atoms with Crippen LogP contribution in [0.25, 0.3) is 11.1 Å². The highest BCUT2D eigenvalue weighted by Crippen LogP contribution is 2.49. The second-order valence-corrected chi connectivity index (χ2v) is 15.6. The summed E-state index contributed by atoms with van der Waals surface area (Å²) in [7, 11) is 0. The van der Waals surface area contributed by atoms with E-state index in [1.54, 1.807) is 90.1 Å². The maximum absolute atomic E-state index is 13.0. The molecule has 0 spiro atoms. The monoisotopic (exact) mass is 688 g/mol. The van der Waals surface area contributed by atoms with Crippen LogP contribution in [0, 0.1) is 11.8 Å². The van der Waals surface area contributed by atoms with Gasteiger partial charge >= 0.3 is 24.1 Å². The summed E-state index contributed by atoms with van der Waals surface area (Å²) >= 11 is 0. The van der Waals surface area contributed by atoms with Crippen molar-refractivity contribution in [3.05, 3.63) is 59.7 Å². The van der Waals surface area contributed by atoms with Crippen LogP contribution in [0.1, 0.15) is 87.9 Å². The Morgan fingerprint density at radius 2 is 1.06 bits per heavy atom. The molecule has 50 heavy (non-hydrogen) atoms. The third-order valence-electron chi connectivity index (χ3n) is 9.41. The zero-order valence-electron chi connectivity index (χ0n) is 29.3. The topological polar surface area (TPSA) is 146 Å². The van der Waals surface area contributed by atoms with E-state index in [4.69, 9.17) is 18.9 Å². The van der Waals surface area contributed by atoms with E-state index in [1.165, 1.54) is 9.80 Å². The molecule has 0 bridgehead atoms. The molecular weight excluding hydrogens is 644 g/mol. The van der Waals surface area contributed by atoms with Gasteiger partial charge in [0.2, 0.25) is 0 Å². The van der Waals surface area contributed by atoms with Crippen molar-refractivity contribution in [2.24, 2.45) is 11.8 Å². The smallest absolute Gasteiger partial charge is 0.411 e. The van der Waals surface area contributed by atoms with Crippen LogP contribution < -0.4 is 0 Å². The summed E-state index contributed by atoms with van der Waals surface area (Å²) in [5.41, 5.74) is 0.808. The number of amides is 2. The van der Waals surface area contributed by atoms with E-state index < -0.39 is 60.6 Å². The summed E-state index contributed by atoms with van der Waals surface area (Å²) in [6.45, 7) is 9.73. The molecule has 2 heterocycles. The maximum Gasteiger partial charge on any atom is 0.411 e. The predicted molar refractivity (Wildman–Crippen MR) is 179 cm³/mol. The van der Waals surface area contributed by atoms with Gasteiger partial charge in [-0.25, -0.2) is 19.2 Å². The van der Waals surface area contributed by atoms with Crippen molar-refractivity contribution in [3.8, 4) is 11.1 Å². The van der Waals surface area contributed by atoms with E-state index in [9.17, 15) is 28.8 Å². The van der Waals surface area contributed by atoms with Crippen LogP contribution in [0.4, 0.5) is 9.59 Å². The third kappa shape index (κ3) is 7.84. The number of hydrogen-bond acceptors (Lipinski definition) is 10. The fourth-order valence-corrected chi connectivity index (χ4v) is 6.84. The number of ether oxygens (including phenoxy) is 4. The van der Waals surface area contributed by atoms with Gasteiger partial charge in [-0.1, -0.05) is 36.4 Å². The molecule has 4 unspecified atom stereocenters. The van der Waals surface area contributed by atoms with Crippen LogP contribution >= 0.6 is 0 Å². The molecule has 0 aromatic heterocycles. The first-order valence-corrected chi connectivity index (χ1v) is 17.1. The Labute approximate surface area is 291 Å². The molecule has 2 amide bonds. The van der Waals surface area contributed by atoms with Crippen LogP contribution in [-0.4, -0.2) is 94.1 Å². The van der Waals surface area contributed by atoms with Crippen molar-refractivity contribution in [3.63, 3.8) is 0 Å². The Morgan fingerprint density at radius 3 is 1.56 bits per heavy atom. The second-order valence-electron chi connectivity index (χ2n) is 15.6. The highest BCUT2D eigenvalue weighted by atomic mass is 16.6. The standard InChI is InChI=1S/C38H44N2O10/c1-37(2,3)49-35(45)39-27-15-25(27)17-29(39)32(42)20-47-33(43)24-13-9-22(10-14-24)21-7-11-23(12-8-21)31(41)19-48-34(44)30-18-26-16-28(26)40(30)36(46)50-38(4,5)6/h7-14,25-30H,15-20H2,1-6H3/t25?,26?,27?,28?,29-,30-/m0/s1. The van der Waals surface area contributed by atoms with Crippen molar-refractivity contribution in [1.29, 1.82) is 0 Å². The molecule has 0 radical (unpaired) electrons. The zero-order chi connectivity index (χ0) is 36.1. The Hall–Kier alpha value is -4.74. The minimum absolute atomic E-state index is 0.00232. The minimum Gasteiger partial charge on any atom is -0.456 e. The number of hydrogen-bond donors (Lipinski definition) is 0. The number of carbonyl (C=O) groups is 6. The molecule has 4 fully saturated rings. The highest BCUT2D eigenvalue weighted by molar-refractivity contribution is 5.99. The van der Waals surface area contributed by atoms with Gasteiger partial charge in [-0.3, -0.25) is 19.4 Å². The fraction of sp³-hybridized carbons (Fsp3) is 0.526. The normalized spacial score (nSPS) is 24.8. The Morgan fingerprint density at radius 1 is 0.600 bits per heavy atom. The largest absolute Gasteiger partial charge is 0.456 e. The molecule has 0 N–H and O–H groups in total. The summed E-state index contributed by atoms with van der Waals surface area (Å²) in [5.74, 6) is -1.47. The van der Waals surface area contributed by atoms with Crippen LogP contribution in [0.2, 0.25) is 0 Å². The Kier molecular flexibility index (Phi) is 9.26. The number of esters is 2. The lowest BCUT2D eigenvalue weighted by Crippen LogP contribution is -2.46. The maximum atomic E-state index is 13.0. The number of benzene rings is 2. The van der Waals surface area contributed by atoms with Gasteiger partial charge in [0.1, 0.15) is 17.2 Å². The van der Waals surface area contributed by atoms with Crippen molar-refractivity contribution < 1.29 is 47.7 Å². The van der Waals surface area contributed by atoms with Gasteiger partial charge < -0.3 is 18.9 Å². The van der Waals surface area contributed by atoms with Crippen LogP contribution in [0.15, 0.2) is 48.5 Å². The molecule has 6 rings (SSSR count). The number of nitrogens with zero attached hydrogens (tertiary/aromatic N) is 2. The molecule has 266 valence electrons. The van der Waals surface area contributed by atoms with Crippen molar-refractivity contribution >= 4 is 35.7 Å². The summed E-state index contributed by atoms with van der Waals surface area (Å²) in [6, 6.07) is 11.9. The van der Waals surface area contributed by atoms with Gasteiger partial charge in [0.05, 0.1) is 11.6 Å². The van der Waals surface area contributed by atoms with E-state index in [2.05, 4.69) is 0 Å². The molecule has 2 saturated carbocycles. The average Bonchev–Trinajstić information content (AvgIpc) is 3.92. The van der Waals surface area contributed by atoms with Gasteiger partial charge in [-0.15, -0.1) is 0 Å². The molecule has 12 heteroatoms. The summed E-state index contributed by atoms with van der Waals surface area (Å²) < 4.78 is 21.7. The number of likely N-dealkylation sites (tertiary alicyclic amines) is 2. The molecule has 4 aliphatic rings. The SMILES string of the molecule is CC(C)(C)OC(=O)N1C2CC2C[C@H]1C(=O)COC(=O)c1ccc(-c2ccc(C(=O)COC(=O)[C@@H]3CC4CC4N3C(=O)OC(C)(C)C)cc2)cc1. The fourth-order valence-electron chi connectivity index (χ4n) is 6.84. The Balaban J connectivity index is 0.979. The number of carbonyl (C=O) groups excluding carboxylic acids is 6. The van der Waals surface area contributed by atoms with Gasteiger partial charge in [0, 0.05) is 17.6 Å². The molecule has 2 saturated heterocycles. The number of ketones is 2. The van der Waals surface area contributed by atoms with Crippen molar-refractivity contribution in [1.82, 2.24) is 9.80 Å². The van der Waals surface area contributed by atoms with Gasteiger partial charge in [0.15, 0.2) is 24.8 Å². The average molecular weight is 689 g/mol. The van der Waals surface area contributed by atoms with E-state index in [-0.39, 0.29) is 41.0 Å². The van der Waals surface area contributed by atoms with E-state index in [0.29, 0.717) is 18.4 Å². The molecule has 6 atom stereocenters. The van der Waals surface area contributed by atoms with Crippen LogP contribution in [0.5, 0.6) is 0 Å². The number of Topliss-reactive ketones (excluding diaryl/α,β-unsaturated/α-hetero) is 2. The van der Waals surface area contributed by atoms with Gasteiger partial charge in [0.25, 0.3) is 0 Å². The van der Waals surface area contributed by atoms with E-state index in [1.807, 2.05) is 0 Å². The molecule has 2 aliphatic heterocycles. The summed E-state index contributed by atoms with van der Waals surface area (Å²) in [5, 5.41) is 0. The van der Waals surface area contributed by atoms with E-state index >= 15 is 0 Å². The molecule has 2 aliphatic carbocycles.